The molecule has 0 fully saturated rings. The van der Waals surface area contributed by atoms with Crippen molar-refractivity contribution in [2.75, 3.05) is 14.2 Å². The molecule has 2 aromatic rings. The molecular weight excluding hydrogens is 278 g/mol. The van der Waals surface area contributed by atoms with Crippen molar-refractivity contribution in [3.8, 4) is 22.8 Å². The minimum atomic E-state index is -0.880. The highest BCUT2D eigenvalue weighted by molar-refractivity contribution is 7.10. The fourth-order valence-electron chi connectivity index (χ4n) is 1.90. The average molecular weight is 293 g/mol. The maximum atomic E-state index is 10.7. The monoisotopic (exact) mass is 293 g/mol. The second-order valence-corrected chi connectivity index (χ2v) is 5.16. The predicted molar refractivity (Wildman–Crippen MR) is 76.7 cm³/mol. The molecule has 5 nitrogen and oxygen atoms in total. The van der Waals surface area contributed by atoms with E-state index in [1.54, 1.807) is 14.2 Å². The number of hydrogen-bond donors (Lipinski definition) is 1. The Labute approximate surface area is 120 Å². The van der Waals surface area contributed by atoms with Gasteiger partial charge in [-0.1, -0.05) is 0 Å². The van der Waals surface area contributed by atoms with Gasteiger partial charge in [0, 0.05) is 10.9 Å². The zero-order valence-corrected chi connectivity index (χ0v) is 12.3. The van der Waals surface area contributed by atoms with E-state index in [2.05, 4.69) is 4.98 Å². The molecule has 0 spiro atoms. The molecule has 1 aromatic carbocycles. The number of aliphatic carboxylic acids is 1. The van der Waals surface area contributed by atoms with Gasteiger partial charge in [-0.3, -0.25) is 4.79 Å². The molecule has 1 aromatic heterocycles. The van der Waals surface area contributed by atoms with E-state index in [-0.39, 0.29) is 6.42 Å². The molecule has 0 bridgehead atoms. The number of carboxylic acid groups (broad SMARTS) is 1. The minimum absolute atomic E-state index is 0.0585. The molecule has 0 amide bonds. The Kier molecular flexibility index (Phi) is 4.24. The lowest BCUT2D eigenvalue weighted by atomic mass is 10.1. The van der Waals surface area contributed by atoms with Crippen LogP contribution in [0, 0.1) is 6.92 Å². The van der Waals surface area contributed by atoms with Gasteiger partial charge in [-0.05, 0) is 24.6 Å². The van der Waals surface area contributed by atoms with E-state index in [1.165, 1.54) is 11.3 Å². The zero-order chi connectivity index (χ0) is 14.7. The van der Waals surface area contributed by atoms with Crippen LogP contribution < -0.4 is 9.47 Å². The molecule has 0 aliphatic rings. The Bertz CT molecular complexity index is 636. The smallest absolute Gasteiger partial charge is 0.310 e. The first-order valence-corrected chi connectivity index (χ1v) is 6.82. The van der Waals surface area contributed by atoms with Crippen LogP contribution in [0.2, 0.25) is 0 Å². The molecule has 2 rings (SSSR count). The van der Waals surface area contributed by atoms with E-state index >= 15 is 0 Å². The van der Waals surface area contributed by atoms with E-state index in [9.17, 15) is 4.79 Å². The highest BCUT2D eigenvalue weighted by atomic mass is 32.1. The molecule has 0 aliphatic heterocycles. The maximum absolute atomic E-state index is 10.7. The Balaban J connectivity index is 2.41. The third kappa shape index (κ3) is 2.91. The fourth-order valence-corrected chi connectivity index (χ4v) is 2.69. The van der Waals surface area contributed by atoms with Crippen LogP contribution in [-0.2, 0) is 11.2 Å². The molecule has 1 N–H and O–H groups in total. The van der Waals surface area contributed by atoms with E-state index in [0.717, 1.165) is 16.8 Å². The highest BCUT2D eigenvalue weighted by Gasteiger charge is 2.13. The second-order valence-electron chi connectivity index (χ2n) is 4.22. The first-order chi connectivity index (χ1) is 9.55. The van der Waals surface area contributed by atoms with Crippen LogP contribution in [-0.4, -0.2) is 30.3 Å². The largest absolute Gasteiger partial charge is 0.493 e. The summed E-state index contributed by atoms with van der Waals surface area (Å²) in [5.41, 5.74) is 2.66. The molecule has 20 heavy (non-hydrogen) atoms. The number of aryl methyl sites for hydroxylation is 1. The molecule has 6 heteroatoms. The van der Waals surface area contributed by atoms with Gasteiger partial charge in [0.25, 0.3) is 0 Å². The second kappa shape index (κ2) is 5.92. The Morgan fingerprint density at radius 1 is 1.30 bits per heavy atom. The molecule has 0 saturated heterocycles. The van der Waals surface area contributed by atoms with Gasteiger partial charge < -0.3 is 14.6 Å². The van der Waals surface area contributed by atoms with Crippen molar-refractivity contribution in [1.82, 2.24) is 4.98 Å². The number of thiazole rings is 1. The zero-order valence-electron chi connectivity index (χ0n) is 11.5. The molecule has 0 unspecified atom stereocenters. The van der Waals surface area contributed by atoms with Crippen molar-refractivity contribution in [2.45, 2.75) is 13.3 Å². The van der Waals surface area contributed by atoms with Gasteiger partial charge in [-0.2, -0.15) is 0 Å². The number of benzene rings is 1. The van der Waals surface area contributed by atoms with Gasteiger partial charge in [-0.25, -0.2) is 4.98 Å². The summed E-state index contributed by atoms with van der Waals surface area (Å²) >= 11 is 1.34. The van der Waals surface area contributed by atoms with Crippen molar-refractivity contribution in [1.29, 1.82) is 0 Å². The van der Waals surface area contributed by atoms with Crippen molar-refractivity contribution in [2.24, 2.45) is 0 Å². The van der Waals surface area contributed by atoms with Crippen LogP contribution in [0.5, 0.6) is 11.5 Å². The standard InChI is InChI=1S/C14H15NO4S/c1-8-4-11(18-2)12(19-3)5-9(8)10-7-20-13(15-10)6-14(16)17/h4-5,7H,6H2,1-3H3,(H,16,17). The van der Waals surface area contributed by atoms with E-state index in [0.29, 0.717) is 16.5 Å². The molecule has 0 saturated carbocycles. The van der Waals surface area contributed by atoms with E-state index in [1.807, 2.05) is 24.4 Å². The first kappa shape index (κ1) is 14.3. The number of methoxy groups -OCH3 is 2. The number of aromatic nitrogens is 1. The van der Waals surface area contributed by atoms with Crippen LogP contribution in [0.1, 0.15) is 10.6 Å². The Hall–Kier alpha value is -2.08. The summed E-state index contributed by atoms with van der Waals surface area (Å²) in [5.74, 6) is 0.408. The minimum Gasteiger partial charge on any atom is -0.493 e. The summed E-state index contributed by atoms with van der Waals surface area (Å²) in [5, 5.41) is 11.2. The normalized spacial score (nSPS) is 10.3. The lowest BCUT2D eigenvalue weighted by molar-refractivity contribution is -0.136. The lowest BCUT2D eigenvalue weighted by Gasteiger charge is -2.11. The topological polar surface area (TPSA) is 68.7 Å². The summed E-state index contributed by atoms with van der Waals surface area (Å²) in [4.78, 5) is 15.0. The number of carboxylic acids is 1. The highest BCUT2D eigenvalue weighted by Crippen LogP contribution is 2.35. The van der Waals surface area contributed by atoms with Crippen LogP contribution in [0.15, 0.2) is 17.5 Å². The quantitative estimate of drug-likeness (QED) is 0.918. The van der Waals surface area contributed by atoms with Crippen LogP contribution in [0.3, 0.4) is 0 Å². The third-order valence-electron chi connectivity index (χ3n) is 2.86. The number of hydrogen-bond acceptors (Lipinski definition) is 5. The van der Waals surface area contributed by atoms with Gasteiger partial charge in [0.1, 0.15) is 5.01 Å². The van der Waals surface area contributed by atoms with Gasteiger partial charge in [0.05, 0.1) is 26.3 Å². The van der Waals surface area contributed by atoms with Crippen LogP contribution >= 0.6 is 11.3 Å². The van der Waals surface area contributed by atoms with Gasteiger partial charge in [0.2, 0.25) is 0 Å². The molecule has 0 radical (unpaired) electrons. The maximum Gasteiger partial charge on any atom is 0.310 e. The summed E-state index contributed by atoms with van der Waals surface area (Å²) in [6.07, 6.45) is -0.0585. The molecule has 106 valence electrons. The number of rotatable bonds is 5. The number of ether oxygens (including phenoxy) is 2. The number of nitrogens with zero attached hydrogens (tertiary/aromatic N) is 1. The molecule has 0 atom stereocenters. The predicted octanol–water partition coefficient (Wildman–Crippen LogP) is 2.76. The molecule has 1 heterocycles. The van der Waals surface area contributed by atoms with Crippen LogP contribution in [0.4, 0.5) is 0 Å². The van der Waals surface area contributed by atoms with E-state index in [4.69, 9.17) is 14.6 Å². The van der Waals surface area contributed by atoms with Gasteiger partial charge in [0.15, 0.2) is 11.5 Å². The number of carbonyl (C=O) groups is 1. The third-order valence-corrected chi connectivity index (χ3v) is 3.71. The average Bonchev–Trinajstić information content (AvgIpc) is 2.85. The Morgan fingerprint density at radius 2 is 1.95 bits per heavy atom. The first-order valence-electron chi connectivity index (χ1n) is 5.94. The summed E-state index contributed by atoms with van der Waals surface area (Å²) in [6.45, 7) is 1.95. The van der Waals surface area contributed by atoms with Gasteiger partial charge >= 0.3 is 5.97 Å². The van der Waals surface area contributed by atoms with Crippen molar-refractivity contribution in [3.05, 3.63) is 28.1 Å². The van der Waals surface area contributed by atoms with E-state index < -0.39 is 5.97 Å². The lowest BCUT2D eigenvalue weighted by Crippen LogP contribution is -1.99. The summed E-state index contributed by atoms with van der Waals surface area (Å²) in [6, 6.07) is 3.73. The van der Waals surface area contributed by atoms with Crippen molar-refractivity contribution < 1.29 is 19.4 Å². The van der Waals surface area contributed by atoms with Crippen molar-refractivity contribution >= 4 is 17.3 Å². The van der Waals surface area contributed by atoms with Crippen molar-refractivity contribution in [3.63, 3.8) is 0 Å². The SMILES string of the molecule is COc1cc(C)c(-c2csc(CC(=O)O)n2)cc1OC. The molecular formula is C14H15NO4S. The van der Waals surface area contributed by atoms with Crippen LogP contribution in [0.25, 0.3) is 11.3 Å². The van der Waals surface area contributed by atoms with Gasteiger partial charge in [-0.15, -0.1) is 11.3 Å². The molecule has 0 aliphatic carbocycles. The summed E-state index contributed by atoms with van der Waals surface area (Å²) < 4.78 is 10.5. The fraction of sp³-hybridized carbons (Fsp3) is 0.286. The summed E-state index contributed by atoms with van der Waals surface area (Å²) in [7, 11) is 3.17. The Morgan fingerprint density at radius 3 is 2.55 bits per heavy atom.